The second-order valence-corrected chi connectivity index (χ2v) is 3.91. The summed E-state index contributed by atoms with van der Waals surface area (Å²) in [6, 6.07) is 5.33. The van der Waals surface area contributed by atoms with Crippen molar-refractivity contribution >= 4 is 0 Å². The molecule has 0 aliphatic rings. The molecule has 1 rings (SSSR count). The molecule has 0 aliphatic carbocycles. The predicted octanol–water partition coefficient (Wildman–Crippen LogP) is 3.66. The third kappa shape index (κ3) is 4.73. The van der Waals surface area contributed by atoms with Gasteiger partial charge in [0.15, 0.2) is 0 Å². The van der Waals surface area contributed by atoms with Gasteiger partial charge in [0.1, 0.15) is 11.5 Å². The first kappa shape index (κ1) is 11.9. The number of phenols is 1. The Morgan fingerprint density at radius 2 is 1.93 bits per heavy atom. The Bertz CT molecular complexity index is 274. The number of benzene rings is 1. The zero-order valence-corrected chi connectivity index (χ0v) is 9.62. The standard InChI is InChI=1S/C13H20O2/c1-3-4-5-6-7-15-13-9-11(2)8-12(14)10-13/h8-10,14H,3-7H2,1-2H3. The largest absolute Gasteiger partial charge is 0.508 e. The molecule has 0 fully saturated rings. The van der Waals surface area contributed by atoms with E-state index in [0.717, 1.165) is 24.3 Å². The summed E-state index contributed by atoms with van der Waals surface area (Å²) < 4.78 is 5.55. The zero-order chi connectivity index (χ0) is 11.1. The van der Waals surface area contributed by atoms with Crippen LogP contribution in [0.25, 0.3) is 0 Å². The van der Waals surface area contributed by atoms with E-state index >= 15 is 0 Å². The van der Waals surface area contributed by atoms with Crippen molar-refractivity contribution in [3.8, 4) is 11.5 Å². The summed E-state index contributed by atoms with van der Waals surface area (Å²) in [7, 11) is 0. The molecule has 0 heterocycles. The molecule has 0 aromatic heterocycles. The van der Waals surface area contributed by atoms with E-state index in [0.29, 0.717) is 0 Å². The Labute approximate surface area is 91.9 Å². The molecule has 1 N–H and O–H groups in total. The quantitative estimate of drug-likeness (QED) is 0.723. The van der Waals surface area contributed by atoms with Crippen molar-refractivity contribution in [1.29, 1.82) is 0 Å². The molecule has 15 heavy (non-hydrogen) atoms. The fraction of sp³-hybridized carbons (Fsp3) is 0.538. The van der Waals surface area contributed by atoms with Gasteiger partial charge in [0.25, 0.3) is 0 Å². The number of rotatable bonds is 6. The third-order valence-electron chi connectivity index (χ3n) is 2.30. The Morgan fingerprint density at radius 1 is 1.13 bits per heavy atom. The normalized spacial score (nSPS) is 10.3. The van der Waals surface area contributed by atoms with Gasteiger partial charge < -0.3 is 9.84 Å². The maximum Gasteiger partial charge on any atom is 0.123 e. The maximum absolute atomic E-state index is 9.35. The number of phenolic OH excluding ortho intramolecular Hbond substituents is 1. The van der Waals surface area contributed by atoms with E-state index in [1.807, 2.05) is 13.0 Å². The smallest absolute Gasteiger partial charge is 0.123 e. The van der Waals surface area contributed by atoms with Crippen LogP contribution in [0.3, 0.4) is 0 Å². The first-order valence-electron chi connectivity index (χ1n) is 5.66. The summed E-state index contributed by atoms with van der Waals surface area (Å²) in [4.78, 5) is 0. The van der Waals surface area contributed by atoms with E-state index in [-0.39, 0.29) is 5.75 Å². The average molecular weight is 208 g/mol. The van der Waals surface area contributed by atoms with Crippen molar-refractivity contribution in [1.82, 2.24) is 0 Å². The maximum atomic E-state index is 9.35. The SMILES string of the molecule is CCCCCCOc1cc(C)cc(O)c1. The number of ether oxygens (including phenoxy) is 1. The van der Waals surface area contributed by atoms with Gasteiger partial charge >= 0.3 is 0 Å². The molecule has 0 aliphatic heterocycles. The van der Waals surface area contributed by atoms with Gasteiger partial charge in [-0.25, -0.2) is 0 Å². The van der Waals surface area contributed by atoms with Gasteiger partial charge in [0.05, 0.1) is 6.61 Å². The van der Waals surface area contributed by atoms with Crippen LogP contribution in [-0.2, 0) is 0 Å². The molecule has 2 heteroatoms. The van der Waals surface area contributed by atoms with Crippen molar-refractivity contribution in [2.75, 3.05) is 6.61 Å². The molecule has 0 unspecified atom stereocenters. The van der Waals surface area contributed by atoms with Crippen LogP contribution in [0, 0.1) is 6.92 Å². The summed E-state index contributed by atoms with van der Waals surface area (Å²) in [5.74, 6) is 1.04. The van der Waals surface area contributed by atoms with Crippen LogP contribution in [0.2, 0.25) is 0 Å². The fourth-order valence-electron chi connectivity index (χ4n) is 1.53. The van der Waals surface area contributed by atoms with Crippen molar-refractivity contribution in [2.24, 2.45) is 0 Å². The van der Waals surface area contributed by atoms with Crippen LogP contribution in [-0.4, -0.2) is 11.7 Å². The van der Waals surface area contributed by atoms with Gasteiger partial charge in [0.2, 0.25) is 0 Å². The summed E-state index contributed by atoms with van der Waals surface area (Å²) in [5.41, 5.74) is 1.03. The Morgan fingerprint density at radius 3 is 2.60 bits per heavy atom. The molecule has 0 amide bonds. The summed E-state index contributed by atoms with van der Waals surface area (Å²) in [6.45, 7) is 4.88. The van der Waals surface area contributed by atoms with Crippen molar-refractivity contribution in [3.05, 3.63) is 23.8 Å². The van der Waals surface area contributed by atoms with Crippen LogP contribution < -0.4 is 4.74 Å². The Balaban J connectivity index is 2.31. The predicted molar refractivity (Wildman–Crippen MR) is 62.5 cm³/mol. The lowest BCUT2D eigenvalue weighted by molar-refractivity contribution is 0.303. The van der Waals surface area contributed by atoms with Gasteiger partial charge in [-0.15, -0.1) is 0 Å². The van der Waals surface area contributed by atoms with Crippen LogP contribution in [0.4, 0.5) is 0 Å². The van der Waals surface area contributed by atoms with Gasteiger partial charge in [-0.1, -0.05) is 26.2 Å². The van der Waals surface area contributed by atoms with Crippen LogP contribution in [0.5, 0.6) is 11.5 Å². The van der Waals surface area contributed by atoms with Crippen LogP contribution in [0.1, 0.15) is 38.2 Å². The highest BCUT2D eigenvalue weighted by Crippen LogP contribution is 2.21. The topological polar surface area (TPSA) is 29.5 Å². The number of aromatic hydroxyl groups is 1. The van der Waals surface area contributed by atoms with E-state index in [4.69, 9.17) is 4.74 Å². The van der Waals surface area contributed by atoms with Gasteiger partial charge in [-0.3, -0.25) is 0 Å². The molecule has 1 aromatic rings. The highest BCUT2D eigenvalue weighted by atomic mass is 16.5. The Kier molecular flexibility index (Phi) is 5.02. The fourth-order valence-corrected chi connectivity index (χ4v) is 1.53. The van der Waals surface area contributed by atoms with Crippen LogP contribution >= 0.6 is 0 Å². The van der Waals surface area contributed by atoms with E-state index in [2.05, 4.69) is 6.92 Å². The highest BCUT2D eigenvalue weighted by Gasteiger charge is 1.97. The monoisotopic (exact) mass is 208 g/mol. The lowest BCUT2D eigenvalue weighted by Gasteiger charge is -2.07. The summed E-state index contributed by atoms with van der Waals surface area (Å²) in [6.07, 6.45) is 4.81. The lowest BCUT2D eigenvalue weighted by atomic mass is 10.2. The van der Waals surface area contributed by atoms with E-state index < -0.39 is 0 Å². The average Bonchev–Trinajstić information content (AvgIpc) is 2.16. The highest BCUT2D eigenvalue weighted by molar-refractivity contribution is 5.36. The molecule has 0 atom stereocenters. The lowest BCUT2D eigenvalue weighted by Crippen LogP contribution is -1.97. The van der Waals surface area contributed by atoms with E-state index in [1.165, 1.54) is 19.3 Å². The minimum absolute atomic E-state index is 0.276. The van der Waals surface area contributed by atoms with Gasteiger partial charge in [0, 0.05) is 6.07 Å². The number of aryl methyl sites for hydroxylation is 1. The third-order valence-corrected chi connectivity index (χ3v) is 2.30. The molecule has 84 valence electrons. The molecule has 0 radical (unpaired) electrons. The first-order valence-corrected chi connectivity index (χ1v) is 5.66. The van der Waals surface area contributed by atoms with E-state index in [9.17, 15) is 5.11 Å². The van der Waals surface area contributed by atoms with Crippen molar-refractivity contribution < 1.29 is 9.84 Å². The number of unbranched alkanes of at least 4 members (excludes halogenated alkanes) is 3. The molecule has 0 saturated heterocycles. The summed E-state index contributed by atoms with van der Waals surface area (Å²) in [5, 5.41) is 9.35. The molecular formula is C13H20O2. The van der Waals surface area contributed by atoms with Gasteiger partial charge in [-0.2, -0.15) is 0 Å². The first-order chi connectivity index (χ1) is 7.22. The molecule has 2 nitrogen and oxygen atoms in total. The zero-order valence-electron chi connectivity index (χ0n) is 9.62. The second kappa shape index (κ2) is 6.33. The van der Waals surface area contributed by atoms with Crippen LogP contribution in [0.15, 0.2) is 18.2 Å². The number of hydrogen-bond acceptors (Lipinski definition) is 2. The van der Waals surface area contributed by atoms with Crippen molar-refractivity contribution in [2.45, 2.75) is 39.5 Å². The molecular weight excluding hydrogens is 188 g/mol. The Hall–Kier alpha value is -1.18. The molecule has 1 aromatic carbocycles. The minimum Gasteiger partial charge on any atom is -0.508 e. The minimum atomic E-state index is 0.276. The van der Waals surface area contributed by atoms with E-state index in [1.54, 1.807) is 12.1 Å². The molecule has 0 saturated carbocycles. The molecule has 0 spiro atoms. The van der Waals surface area contributed by atoms with Gasteiger partial charge in [-0.05, 0) is 31.0 Å². The molecule has 0 bridgehead atoms. The summed E-state index contributed by atoms with van der Waals surface area (Å²) >= 11 is 0. The second-order valence-electron chi connectivity index (χ2n) is 3.91. The number of hydrogen-bond donors (Lipinski definition) is 1. The van der Waals surface area contributed by atoms with Crippen molar-refractivity contribution in [3.63, 3.8) is 0 Å².